The Morgan fingerprint density at radius 3 is 2.21 bits per heavy atom. The highest BCUT2D eigenvalue weighted by molar-refractivity contribution is 5.66. The molecule has 0 amide bonds. The minimum absolute atomic E-state index is 0.165. The van der Waals surface area contributed by atoms with Gasteiger partial charge in [0.05, 0.1) is 13.4 Å². The van der Waals surface area contributed by atoms with Gasteiger partial charge in [0.15, 0.2) is 0 Å². The van der Waals surface area contributed by atoms with Crippen molar-refractivity contribution in [3.8, 4) is 5.75 Å². The smallest absolute Gasteiger partial charge is 0.394 e. The number of para-hydroxylation sites is 1. The summed E-state index contributed by atoms with van der Waals surface area (Å²) in [5.74, 6) is -0.0361. The molecule has 0 radical (unpaired) electrons. The fourth-order valence-electron chi connectivity index (χ4n) is 6.23. The monoisotopic (exact) mass is 532 g/mol. The number of carboxylic acid groups (broad SMARTS) is 1. The molecule has 0 aromatic heterocycles. The number of anilines is 1. The Balaban J connectivity index is 1.45. The molecule has 0 atom stereocenters. The Hall–Kier alpha value is -2.70. The van der Waals surface area contributed by atoms with Crippen LogP contribution in [0.1, 0.15) is 90.6 Å². The number of nitrogens with zero attached hydrogens (tertiary/aromatic N) is 1. The topological polar surface area (TPSA) is 49.8 Å². The predicted octanol–water partition coefficient (Wildman–Crippen LogP) is 8.28. The van der Waals surface area contributed by atoms with E-state index in [4.69, 9.17) is 11.2 Å². The summed E-state index contributed by atoms with van der Waals surface area (Å²) >= 11 is 0. The fourth-order valence-corrected chi connectivity index (χ4v) is 6.23. The molecular formula is C31H40F3NO3. The van der Waals surface area contributed by atoms with Crippen molar-refractivity contribution in [1.29, 1.82) is 0 Å². The molecule has 0 aliphatic heterocycles. The number of unbranched alkanes of at least 4 members (excludes halogenated alkanes) is 2. The van der Waals surface area contributed by atoms with E-state index in [2.05, 4.69) is 12.1 Å². The number of rotatable bonds is 12. The maximum atomic E-state index is 13.7. The van der Waals surface area contributed by atoms with E-state index in [1.807, 2.05) is 55.1 Å². The average molecular weight is 533 g/mol. The number of benzene rings is 2. The van der Waals surface area contributed by atoms with Gasteiger partial charge in [-0.1, -0.05) is 30.3 Å². The van der Waals surface area contributed by atoms with Crippen LogP contribution in [-0.2, 0) is 16.8 Å². The molecule has 208 valence electrons. The molecule has 4 nitrogen and oxygen atoms in total. The van der Waals surface area contributed by atoms with Crippen molar-refractivity contribution in [3.63, 3.8) is 0 Å². The lowest BCUT2D eigenvalue weighted by Gasteiger charge is -2.54. The van der Waals surface area contributed by atoms with Gasteiger partial charge in [-0.2, -0.15) is 13.2 Å². The third-order valence-electron chi connectivity index (χ3n) is 8.77. The van der Waals surface area contributed by atoms with E-state index in [0.29, 0.717) is 38.8 Å². The second-order valence-corrected chi connectivity index (χ2v) is 11.3. The molecule has 1 N–H and O–H groups in total. The highest BCUT2D eigenvalue weighted by Crippen LogP contribution is 2.63. The van der Waals surface area contributed by atoms with E-state index < -0.39 is 23.6 Å². The minimum Gasteiger partial charge on any atom is -0.493 e. The van der Waals surface area contributed by atoms with E-state index in [1.165, 1.54) is 0 Å². The first kappa shape index (κ1) is 26.9. The van der Waals surface area contributed by atoms with Gasteiger partial charge in [0.25, 0.3) is 0 Å². The summed E-state index contributed by atoms with van der Waals surface area (Å²) in [5, 5.41) is 8.78. The van der Waals surface area contributed by atoms with Crippen molar-refractivity contribution in [1.82, 2.24) is 0 Å². The summed E-state index contributed by atoms with van der Waals surface area (Å²) in [6, 6.07) is 15.0. The third kappa shape index (κ3) is 6.13. The summed E-state index contributed by atoms with van der Waals surface area (Å²) in [6.45, 7) is 4.63. The van der Waals surface area contributed by atoms with Crippen molar-refractivity contribution in [2.24, 2.45) is 5.41 Å². The number of carbonyl (C=O) groups is 1. The van der Waals surface area contributed by atoms with Crippen molar-refractivity contribution in [2.75, 3.05) is 11.5 Å². The number of carboxylic acids is 1. The van der Waals surface area contributed by atoms with Crippen LogP contribution in [0.4, 0.5) is 18.9 Å². The van der Waals surface area contributed by atoms with E-state index in [0.717, 1.165) is 35.4 Å². The summed E-state index contributed by atoms with van der Waals surface area (Å²) in [7, 11) is 0. The highest BCUT2D eigenvalue weighted by Gasteiger charge is 2.61. The van der Waals surface area contributed by atoms with Gasteiger partial charge in [-0.3, -0.25) is 4.79 Å². The van der Waals surface area contributed by atoms with Crippen LogP contribution in [0, 0.1) is 5.41 Å². The number of halogens is 3. The van der Waals surface area contributed by atoms with Crippen molar-refractivity contribution in [3.05, 3.63) is 59.7 Å². The van der Waals surface area contributed by atoms with Crippen molar-refractivity contribution < 1.29 is 29.2 Å². The summed E-state index contributed by atoms with van der Waals surface area (Å²) in [4.78, 5) is 12.7. The SMILES string of the molecule is [2H]C(C)(C)N(Cc1ccccc1OCCCCCC(=O)O)c1ccc(C23CCC(C(F)(F)F)(CC2)CC3)cc1. The van der Waals surface area contributed by atoms with Crippen LogP contribution in [0.25, 0.3) is 0 Å². The maximum Gasteiger partial charge on any atom is 0.394 e. The van der Waals surface area contributed by atoms with Gasteiger partial charge in [0.2, 0.25) is 0 Å². The zero-order valence-electron chi connectivity index (χ0n) is 23.4. The lowest BCUT2D eigenvalue weighted by molar-refractivity contribution is -0.253. The Labute approximate surface area is 225 Å². The van der Waals surface area contributed by atoms with Gasteiger partial charge in [-0.25, -0.2) is 0 Å². The zero-order chi connectivity index (χ0) is 28.3. The first-order valence-corrected chi connectivity index (χ1v) is 13.7. The second kappa shape index (κ2) is 11.6. The highest BCUT2D eigenvalue weighted by atomic mass is 19.4. The number of fused-ring (bicyclic) bond motifs is 3. The number of hydrogen-bond acceptors (Lipinski definition) is 3. The Morgan fingerprint density at radius 1 is 1.00 bits per heavy atom. The number of alkyl halides is 3. The van der Waals surface area contributed by atoms with Gasteiger partial charge in [-0.05, 0) is 101 Å². The van der Waals surface area contributed by atoms with E-state index in [9.17, 15) is 18.0 Å². The minimum atomic E-state index is -4.12. The predicted molar refractivity (Wildman–Crippen MR) is 144 cm³/mol. The molecule has 0 spiro atoms. The summed E-state index contributed by atoms with van der Waals surface area (Å²) < 4.78 is 56.0. The molecule has 0 unspecified atom stereocenters. The van der Waals surface area contributed by atoms with Crippen molar-refractivity contribution >= 4 is 11.7 Å². The normalized spacial score (nSPS) is 23.7. The molecular weight excluding hydrogens is 491 g/mol. The molecule has 38 heavy (non-hydrogen) atoms. The fraction of sp³-hybridized carbons (Fsp3) is 0.581. The first-order chi connectivity index (χ1) is 18.4. The standard InChI is InChI=1S/C31H40F3NO3/c1-23(2)35(22-24-8-5-6-9-27(24)38-21-7-3-4-10-28(36)37)26-13-11-25(12-14-26)29-15-18-30(19-16-29,20-17-29)31(32,33)34/h5-6,8-9,11-14,23H,3-4,7,10,15-22H2,1-2H3,(H,36,37)/i23D. The average Bonchev–Trinajstić information content (AvgIpc) is 2.89. The van der Waals surface area contributed by atoms with E-state index >= 15 is 0 Å². The quantitative estimate of drug-likeness (QED) is 0.280. The molecule has 2 bridgehead atoms. The number of ether oxygens (including phenoxy) is 1. The second-order valence-electron chi connectivity index (χ2n) is 11.3. The molecule has 0 saturated heterocycles. The maximum absolute atomic E-state index is 13.7. The molecule has 5 rings (SSSR count). The molecule has 3 saturated carbocycles. The lowest BCUT2D eigenvalue weighted by Crippen LogP contribution is -2.51. The Morgan fingerprint density at radius 2 is 1.63 bits per heavy atom. The van der Waals surface area contributed by atoms with Gasteiger partial charge in [-0.15, -0.1) is 0 Å². The van der Waals surface area contributed by atoms with Crippen LogP contribution in [0.15, 0.2) is 48.5 Å². The molecule has 7 heteroatoms. The molecule has 3 fully saturated rings. The van der Waals surface area contributed by atoms with Crippen LogP contribution in [0.3, 0.4) is 0 Å². The Kier molecular flexibility index (Phi) is 8.20. The van der Waals surface area contributed by atoms with Crippen LogP contribution < -0.4 is 9.64 Å². The third-order valence-corrected chi connectivity index (χ3v) is 8.77. The van der Waals surface area contributed by atoms with Crippen molar-refractivity contribution in [2.45, 2.75) is 102 Å². The summed E-state index contributed by atoms with van der Waals surface area (Å²) in [5.41, 5.74) is 1.27. The largest absolute Gasteiger partial charge is 0.493 e. The number of hydrogen-bond donors (Lipinski definition) is 1. The van der Waals surface area contributed by atoms with E-state index in [-0.39, 0.29) is 31.1 Å². The van der Waals surface area contributed by atoms with Gasteiger partial charge < -0.3 is 14.7 Å². The number of aliphatic carboxylic acids is 1. The van der Waals surface area contributed by atoms with Gasteiger partial charge in [0, 0.05) is 30.2 Å². The van der Waals surface area contributed by atoms with E-state index in [1.54, 1.807) is 0 Å². The van der Waals surface area contributed by atoms with Crippen LogP contribution >= 0.6 is 0 Å². The molecule has 3 aliphatic rings. The van der Waals surface area contributed by atoms with Crippen LogP contribution in [0.2, 0.25) is 0 Å². The Bertz CT molecular complexity index is 1100. The lowest BCUT2D eigenvalue weighted by atomic mass is 9.51. The summed E-state index contributed by atoms with van der Waals surface area (Å²) in [6.07, 6.45) is 0.556. The molecule has 2 aromatic rings. The zero-order valence-corrected chi connectivity index (χ0v) is 22.4. The van der Waals surface area contributed by atoms with Gasteiger partial charge in [0.1, 0.15) is 5.75 Å². The van der Waals surface area contributed by atoms with Gasteiger partial charge >= 0.3 is 12.1 Å². The molecule has 0 heterocycles. The van der Waals surface area contributed by atoms with Crippen LogP contribution in [-0.4, -0.2) is 29.9 Å². The molecule has 3 aliphatic carbocycles. The van der Waals surface area contributed by atoms with Crippen LogP contribution in [0.5, 0.6) is 5.75 Å². The first-order valence-electron chi connectivity index (χ1n) is 14.2. The molecule has 2 aromatic carbocycles.